The van der Waals surface area contributed by atoms with Crippen molar-refractivity contribution in [2.24, 2.45) is 4.99 Å². The number of aliphatic imine (C=N–C) groups is 1. The van der Waals surface area contributed by atoms with Crippen LogP contribution in [0.1, 0.15) is 11.1 Å². The van der Waals surface area contributed by atoms with Crippen LogP contribution in [-0.2, 0) is 13.0 Å². The summed E-state index contributed by atoms with van der Waals surface area (Å²) < 4.78 is 16.7. The summed E-state index contributed by atoms with van der Waals surface area (Å²) in [4.78, 5) is 6.41. The fourth-order valence-electron chi connectivity index (χ4n) is 2.95. The van der Waals surface area contributed by atoms with E-state index in [1.54, 1.807) is 7.05 Å². The minimum Gasteiger partial charge on any atom is -0.492 e. The zero-order valence-electron chi connectivity index (χ0n) is 17.4. The summed E-state index contributed by atoms with van der Waals surface area (Å²) >= 11 is 0. The molecule has 2 aromatic rings. The summed E-state index contributed by atoms with van der Waals surface area (Å²) in [5, 5.41) is 6.71. The van der Waals surface area contributed by atoms with Gasteiger partial charge < -0.3 is 29.7 Å². The lowest BCUT2D eigenvalue weighted by Gasteiger charge is -2.16. The summed E-state index contributed by atoms with van der Waals surface area (Å²) in [7, 11) is 5.85. The molecule has 0 aliphatic carbocycles. The maximum Gasteiger partial charge on any atom is 0.231 e. The summed E-state index contributed by atoms with van der Waals surface area (Å²) in [5.41, 5.74) is 2.29. The van der Waals surface area contributed by atoms with Gasteiger partial charge in [-0.1, -0.05) is 24.3 Å². The van der Waals surface area contributed by atoms with Gasteiger partial charge in [0.05, 0.1) is 0 Å². The number of para-hydroxylation sites is 1. The molecule has 2 aromatic carbocycles. The van der Waals surface area contributed by atoms with Gasteiger partial charge in [0.25, 0.3) is 0 Å². The first-order chi connectivity index (χ1) is 14.2. The van der Waals surface area contributed by atoms with Gasteiger partial charge in [-0.15, -0.1) is 0 Å². The van der Waals surface area contributed by atoms with Gasteiger partial charge in [0.15, 0.2) is 17.5 Å². The zero-order valence-corrected chi connectivity index (χ0v) is 17.4. The molecule has 1 aliphatic rings. The zero-order chi connectivity index (χ0) is 20.5. The second-order valence-electron chi connectivity index (χ2n) is 7.05. The highest BCUT2D eigenvalue weighted by Crippen LogP contribution is 2.32. The fraction of sp³-hybridized carbons (Fsp3) is 0.409. The molecule has 0 radical (unpaired) electrons. The molecule has 0 saturated heterocycles. The van der Waals surface area contributed by atoms with Crippen LogP contribution in [0.5, 0.6) is 17.2 Å². The molecule has 1 aliphatic heterocycles. The largest absolute Gasteiger partial charge is 0.492 e. The first-order valence-electron chi connectivity index (χ1n) is 9.84. The Kier molecular flexibility index (Phi) is 7.58. The third-order valence-electron chi connectivity index (χ3n) is 4.58. The molecule has 7 nitrogen and oxygen atoms in total. The number of hydrogen-bond acceptors (Lipinski definition) is 5. The average Bonchev–Trinajstić information content (AvgIpc) is 3.19. The lowest BCUT2D eigenvalue weighted by atomic mass is 10.1. The predicted molar refractivity (Wildman–Crippen MR) is 115 cm³/mol. The van der Waals surface area contributed by atoms with Crippen LogP contribution in [0.15, 0.2) is 47.5 Å². The van der Waals surface area contributed by atoms with Crippen LogP contribution < -0.4 is 24.8 Å². The van der Waals surface area contributed by atoms with Gasteiger partial charge in [0, 0.05) is 32.2 Å². The minimum absolute atomic E-state index is 0.300. The quantitative estimate of drug-likeness (QED) is 0.499. The standard InChI is InChI=1S/C22H30N4O3/c1-23-22(24-11-10-17-8-9-20-21(14-17)29-16-28-20)25-15-18-6-4-5-7-19(18)27-13-12-26(2)3/h4-9,14H,10-13,15-16H2,1-3H3,(H2,23,24,25). The Bertz CT molecular complexity index is 823. The van der Waals surface area contributed by atoms with E-state index in [1.165, 1.54) is 5.56 Å². The maximum atomic E-state index is 5.93. The van der Waals surface area contributed by atoms with Crippen molar-refractivity contribution >= 4 is 5.96 Å². The number of ether oxygens (including phenoxy) is 3. The van der Waals surface area contributed by atoms with Crippen LogP contribution in [0, 0.1) is 0 Å². The van der Waals surface area contributed by atoms with E-state index >= 15 is 0 Å². The van der Waals surface area contributed by atoms with Crippen molar-refractivity contribution < 1.29 is 14.2 Å². The van der Waals surface area contributed by atoms with E-state index in [9.17, 15) is 0 Å². The molecule has 0 saturated carbocycles. The summed E-state index contributed by atoms with van der Waals surface area (Å²) in [5.74, 6) is 3.29. The van der Waals surface area contributed by atoms with Crippen LogP contribution in [0.25, 0.3) is 0 Å². The second-order valence-corrected chi connectivity index (χ2v) is 7.05. The highest BCUT2D eigenvalue weighted by Gasteiger charge is 2.13. The van der Waals surface area contributed by atoms with Gasteiger partial charge in [-0.2, -0.15) is 0 Å². The molecule has 0 unspecified atom stereocenters. The van der Waals surface area contributed by atoms with Crippen molar-refractivity contribution in [1.82, 2.24) is 15.5 Å². The van der Waals surface area contributed by atoms with E-state index in [0.29, 0.717) is 19.9 Å². The van der Waals surface area contributed by atoms with Crippen molar-refractivity contribution in [3.05, 3.63) is 53.6 Å². The molecule has 2 N–H and O–H groups in total. The SMILES string of the molecule is CN=C(NCCc1ccc2c(c1)OCO2)NCc1ccccc1OCCN(C)C. The Morgan fingerprint density at radius 2 is 1.93 bits per heavy atom. The first-order valence-corrected chi connectivity index (χ1v) is 9.84. The molecule has 29 heavy (non-hydrogen) atoms. The number of nitrogens with one attached hydrogen (secondary N) is 2. The van der Waals surface area contributed by atoms with Gasteiger partial charge in [0.1, 0.15) is 12.4 Å². The summed E-state index contributed by atoms with van der Waals surface area (Å²) in [6.07, 6.45) is 0.863. The van der Waals surface area contributed by atoms with E-state index in [1.807, 2.05) is 44.4 Å². The van der Waals surface area contributed by atoms with Crippen molar-refractivity contribution in [3.63, 3.8) is 0 Å². The summed E-state index contributed by atoms with van der Waals surface area (Å²) in [6, 6.07) is 14.1. The molecule has 7 heteroatoms. The van der Waals surface area contributed by atoms with Gasteiger partial charge in [-0.25, -0.2) is 0 Å². The van der Waals surface area contributed by atoms with E-state index in [-0.39, 0.29) is 0 Å². The average molecular weight is 399 g/mol. The molecule has 1 heterocycles. The van der Waals surface area contributed by atoms with E-state index < -0.39 is 0 Å². The molecule has 0 bridgehead atoms. The molecular formula is C22H30N4O3. The Labute approximate surface area is 172 Å². The van der Waals surface area contributed by atoms with Crippen LogP contribution in [-0.4, -0.2) is 58.5 Å². The van der Waals surface area contributed by atoms with Gasteiger partial charge in [-0.05, 0) is 44.3 Å². The monoisotopic (exact) mass is 398 g/mol. The van der Waals surface area contributed by atoms with Crippen LogP contribution in [0.3, 0.4) is 0 Å². The summed E-state index contributed by atoms with van der Waals surface area (Å²) in [6.45, 7) is 3.24. The van der Waals surface area contributed by atoms with Gasteiger partial charge in [-0.3, -0.25) is 4.99 Å². The number of benzene rings is 2. The van der Waals surface area contributed by atoms with Gasteiger partial charge >= 0.3 is 0 Å². The van der Waals surface area contributed by atoms with Crippen molar-refractivity contribution in [3.8, 4) is 17.2 Å². The lowest BCUT2D eigenvalue weighted by Crippen LogP contribution is -2.38. The Morgan fingerprint density at radius 3 is 2.76 bits per heavy atom. The molecule has 156 valence electrons. The highest BCUT2D eigenvalue weighted by atomic mass is 16.7. The second kappa shape index (κ2) is 10.6. The highest BCUT2D eigenvalue weighted by molar-refractivity contribution is 5.79. The van der Waals surface area contributed by atoms with Crippen LogP contribution in [0.4, 0.5) is 0 Å². The van der Waals surface area contributed by atoms with Crippen LogP contribution >= 0.6 is 0 Å². The number of guanidine groups is 1. The Morgan fingerprint density at radius 1 is 1.10 bits per heavy atom. The molecule has 0 aromatic heterocycles. The molecule has 3 rings (SSSR count). The number of rotatable bonds is 9. The van der Waals surface area contributed by atoms with Gasteiger partial charge in [0.2, 0.25) is 6.79 Å². The fourth-order valence-corrected chi connectivity index (χ4v) is 2.95. The van der Waals surface area contributed by atoms with E-state index in [0.717, 1.165) is 48.3 Å². The third-order valence-corrected chi connectivity index (χ3v) is 4.58. The Hall–Kier alpha value is -2.93. The number of nitrogens with zero attached hydrogens (tertiary/aromatic N) is 2. The molecule has 0 spiro atoms. The van der Waals surface area contributed by atoms with E-state index in [2.05, 4.69) is 32.7 Å². The number of likely N-dealkylation sites (N-methyl/N-ethyl adjacent to an activating group) is 1. The Balaban J connectivity index is 1.46. The van der Waals surface area contributed by atoms with E-state index in [4.69, 9.17) is 14.2 Å². The number of fused-ring (bicyclic) bond motifs is 1. The topological polar surface area (TPSA) is 67.4 Å². The molecular weight excluding hydrogens is 368 g/mol. The lowest BCUT2D eigenvalue weighted by molar-refractivity contribution is 0.174. The maximum absolute atomic E-state index is 5.93. The molecule has 0 fully saturated rings. The van der Waals surface area contributed by atoms with Crippen molar-refractivity contribution in [1.29, 1.82) is 0 Å². The smallest absolute Gasteiger partial charge is 0.231 e. The van der Waals surface area contributed by atoms with Crippen molar-refractivity contribution in [2.45, 2.75) is 13.0 Å². The minimum atomic E-state index is 0.300. The molecule has 0 atom stereocenters. The van der Waals surface area contributed by atoms with Crippen LogP contribution in [0.2, 0.25) is 0 Å². The predicted octanol–water partition coefficient (Wildman–Crippen LogP) is 2.26. The third kappa shape index (κ3) is 6.29. The first kappa shape index (κ1) is 20.8. The normalized spacial score (nSPS) is 12.9. The van der Waals surface area contributed by atoms with Crippen molar-refractivity contribution in [2.75, 3.05) is 47.6 Å². The number of hydrogen-bond donors (Lipinski definition) is 2. The molecule has 0 amide bonds.